The number of hydrogen-bond donors (Lipinski definition) is 1. The summed E-state index contributed by atoms with van der Waals surface area (Å²) in [6, 6.07) is 9.32. The Bertz CT molecular complexity index is 480. The molecule has 0 aliphatic rings. The van der Waals surface area contributed by atoms with Crippen molar-refractivity contribution in [3.8, 4) is 5.69 Å². The van der Waals surface area contributed by atoms with E-state index in [4.69, 9.17) is 16.8 Å². The van der Waals surface area contributed by atoms with Crippen LogP contribution in [0.1, 0.15) is 5.69 Å². The number of oxime groups is 1. The van der Waals surface area contributed by atoms with Gasteiger partial charge in [-0.15, -0.1) is 5.10 Å². The van der Waals surface area contributed by atoms with E-state index in [1.165, 1.54) is 4.68 Å². The Kier molecular flexibility index (Phi) is 2.64. The lowest BCUT2D eigenvalue weighted by Crippen LogP contribution is -1.95. The van der Waals surface area contributed by atoms with Gasteiger partial charge >= 0.3 is 0 Å². The third kappa shape index (κ3) is 1.82. The fourth-order valence-electron chi connectivity index (χ4n) is 1.15. The van der Waals surface area contributed by atoms with Crippen molar-refractivity contribution in [2.24, 2.45) is 5.16 Å². The normalized spacial score (nSPS) is 11.0. The predicted octanol–water partition coefficient (Wildman–Crippen LogP) is 1.73. The lowest BCUT2D eigenvalue weighted by Gasteiger charge is -1.99. The summed E-state index contributed by atoms with van der Waals surface area (Å²) in [5.41, 5.74) is 1.12. The van der Waals surface area contributed by atoms with Crippen LogP contribution in [0.3, 0.4) is 0 Å². The van der Waals surface area contributed by atoms with Gasteiger partial charge in [-0.2, -0.15) is 0 Å². The molecule has 1 aromatic carbocycles. The van der Waals surface area contributed by atoms with Crippen LogP contribution in [0.5, 0.6) is 0 Å². The molecule has 0 radical (unpaired) electrons. The first-order chi connectivity index (χ1) is 7.33. The van der Waals surface area contributed by atoms with E-state index in [1.54, 1.807) is 0 Å². The zero-order valence-electron chi connectivity index (χ0n) is 7.58. The van der Waals surface area contributed by atoms with Crippen LogP contribution in [0, 0.1) is 0 Å². The zero-order chi connectivity index (χ0) is 10.7. The van der Waals surface area contributed by atoms with Gasteiger partial charge in [0.2, 0.25) is 0 Å². The van der Waals surface area contributed by atoms with Gasteiger partial charge in [0.15, 0.2) is 5.15 Å². The molecular weight excluding hydrogens is 216 g/mol. The van der Waals surface area contributed by atoms with Crippen LogP contribution in [0.25, 0.3) is 5.69 Å². The van der Waals surface area contributed by atoms with Gasteiger partial charge in [-0.25, -0.2) is 4.68 Å². The molecule has 1 heterocycles. The van der Waals surface area contributed by atoms with Crippen molar-refractivity contribution in [2.45, 2.75) is 0 Å². The largest absolute Gasteiger partial charge is 0.411 e. The molecule has 6 heteroatoms. The summed E-state index contributed by atoms with van der Waals surface area (Å²) in [5, 5.41) is 19.1. The number of rotatable bonds is 2. The van der Waals surface area contributed by atoms with E-state index in [9.17, 15) is 0 Å². The Morgan fingerprint density at radius 1 is 1.33 bits per heavy atom. The highest BCUT2D eigenvalue weighted by molar-refractivity contribution is 6.31. The molecular formula is C9H7ClN4O. The van der Waals surface area contributed by atoms with Crippen LogP contribution in [0.15, 0.2) is 35.5 Å². The van der Waals surface area contributed by atoms with Gasteiger partial charge in [0.05, 0.1) is 11.9 Å². The second-order valence-corrected chi connectivity index (χ2v) is 3.12. The van der Waals surface area contributed by atoms with Crippen molar-refractivity contribution < 1.29 is 5.21 Å². The van der Waals surface area contributed by atoms with Gasteiger partial charge in [-0.05, 0) is 12.1 Å². The lowest BCUT2D eigenvalue weighted by molar-refractivity contribution is 0.321. The number of aromatic nitrogens is 3. The summed E-state index contributed by atoms with van der Waals surface area (Å²) in [6.07, 6.45) is 1.13. The van der Waals surface area contributed by atoms with Gasteiger partial charge in [-0.1, -0.05) is 40.2 Å². The van der Waals surface area contributed by atoms with Gasteiger partial charge < -0.3 is 5.21 Å². The first-order valence-corrected chi connectivity index (χ1v) is 4.55. The average molecular weight is 223 g/mol. The molecule has 2 rings (SSSR count). The Hall–Kier alpha value is -1.88. The van der Waals surface area contributed by atoms with E-state index in [0.717, 1.165) is 11.9 Å². The number of nitrogens with zero attached hydrogens (tertiary/aromatic N) is 4. The van der Waals surface area contributed by atoms with Crippen LogP contribution in [-0.4, -0.2) is 26.4 Å². The molecule has 0 saturated heterocycles. The molecule has 0 unspecified atom stereocenters. The van der Waals surface area contributed by atoms with E-state index >= 15 is 0 Å². The number of para-hydroxylation sites is 1. The van der Waals surface area contributed by atoms with Crippen LogP contribution in [0.4, 0.5) is 0 Å². The predicted molar refractivity (Wildman–Crippen MR) is 55.7 cm³/mol. The molecule has 0 saturated carbocycles. The average Bonchev–Trinajstić information content (AvgIpc) is 2.63. The van der Waals surface area contributed by atoms with Crippen molar-refractivity contribution in [1.29, 1.82) is 0 Å². The Balaban J connectivity index is 2.47. The molecule has 0 spiro atoms. The van der Waals surface area contributed by atoms with Crippen LogP contribution < -0.4 is 0 Å². The molecule has 0 bridgehead atoms. The first kappa shape index (κ1) is 9.67. The number of hydrogen-bond acceptors (Lipinski definition) is 4. The Labute approximate surface area is 90.6 Å². The Morgan fingerprint density at radius 3 is 2.73 bits per heavy atom. The van der Waals surface area contributed by atoms with E-state index in [0.29, 0.717) is 10.8 Å². The highest BCUT2D eigenvalue weighted by atomic mass is 35.5. The molecule has 0 aliphatic carbocycles. The lowest BCUT2D eigenvalue weighted by atomic mass is 10.3. The van der Waals surface area contributed by atoms with Crippen molar-refractivity contribution in [2.75, 3.05) is 0 Å². The SMILES string of the molecule is O/N=C/c1nnn(-c2ccccc2)c1Cl. The van der Waals surface area contributed by atoms with Crippen LogP contribution in [0.2, 0.25) is 5.15 Å². The zero-order valence-corrected chi connectivity index (χ0v) is 8.33. The smallest absolute Gasteiger partial charge is 0.162 e. The van der Waals surface area contributed by atoms with Crippen LogP contribution >= 0.6 is 11.6 Å². The molecule has 15 heavy (non-hydrogen) atoms. The number of halogens is 1. The van der Waals surface area contributed by atoms with E-state index in [1.807, 2.05) is 30.3 Å². The van der Waals surface area contributed by atoms with Crippen molar-refractivity contribution in [1.82, 2.24) is 15.0 Å². The van der Waals surface area contributed by atoms with E-state index in [2.05, 4.69) is 15.5 Å². The fraction of sp³-hybridized carbons (Fsp3) is 0. The maximum atomic E-state index is 8.36. The maximum Gasteiger partial charge on any atom is 0.162 e. The fourth-order valence-corrected chi connectivity index (χ4v) is 1.37. The minimum absolute atomic E-state index is 0.305. The third-order valence-corrected chi connectivity index (χ3v) is 2.17. The van der Waals surface area contributed by atoms with Gasteiger partial charge in [0.25, 0.3) is 0 Å². The van der Waals surface area contributed by atoms with Gasteiger partial charge in [-0.3, -0.25) is 0 Å². The Morgan fingerprint density at radius 2 is 2.07 bits per heavy atom. The van der Waals surface area contributed by atoms with Crippen molar-refractivity contribution in [3.63, 3.8) is 0 Å². The second-order valence-electron chi connectivity index (χ2n) is 2.76. The van der Waals surface area contributed by atoms with E-state index in [-0.39, 0.29) is 0 Å². The minimum Gasteiger partial charge on any atom is -0.411 e. The first-order valence-electron chi connectivity index (χ1n) is 4.17. The van der Waals surface area contributed by atoms with Crippen LogP contribution in [-0.2, 0) is 0 Å². The highest BCUT2D eigenvalue weighted by Crippen LogP contribution is 2.16. The second kappa shape index (κ2) is 4.10. The molecule has 0 amide bonds. The minimum atomic E-state index is 0.305. The van der Waals surface area contributed by atoms with E-state index < -0.39 is 0 Å². The quantitative estimate of drug-likeness (QED) is 0.478. The monoisotopic (exact) mass is 222 g/mol. The van der Waals surface area contributed by atoms with Crippen molar-refractivity contribution in [3.05, 3.63) is 41.2 Å². The van der Waals surface area contributed by atoms with Gasteiger partial charge in [0.1, 0.15) is 5.69 Å². The van der Waals surface area contributed by atoms with Gasteiger partial charge in [0, 0.05) is 0 Å². The molecule has 0 aliphatic heterocycles. The molecule has 0 atom stereocenters. The summed E-state index contributed by atoms with van der Waals surface area (Å²) in [5.74, 6) is 0. The molecule has 1 N–H and O–H groups in total. The standard InChI is InChI=1S/C9H7ClN4O/c10-9-8(6-11-15)12-13-14(9)7-4-2-1-3-5-7/h1-6,15H/b11-6+. The molecule has 0 fully saturated rings. The topological polar surface area (TPSA) is 63.3 Å². The maximum absolute atomic E-state index is 8.36. The molecule has 76 valence electrons. The molecule has 2 aromatic rings. The summed E-state index contributed by atoms with van der Waals surface area (Å²) in [6.45, 7) is 0. The summed E-state index contributed by atoms with van der Waals surface area (Å²) < 4.78 is 1.46. The molecule has 5 nitrogen and oxygen atoms in total. The number of benzene rings is 1. The summed E-state index contributed by atoms with van der Waals surface area (Å²) in [4.78, 5) is 0. The molecule has 1 aromatic heterocycles. The summed E-state index contributed by atoms with van der Waals surface area (Å²) >= 11 is 5.97. The third-order valence-electron chi connectivity index (χ3n) is 1.82. The summed E-state index contributed by atoms with van der Waals surface area (Å²) in [7, 11) is 0. The van der Waals surface area contributed by atoms with Crippen molar-refractivity contribution >= 4 is 17.8 Å². The highest BCUT2D eigenvalue weighted by Gasteiger charge is 2.09.